The molecule has 1 N–H and O–H groups in total. The molecule has 1 aliphatic heterocycles. The first-order valence-corrected chi connectivity index (χ1v) is 12.3. The molecule has 0 unspecified atom stereocenters. The fourth-order valence-electron chi connectivity index (χ4n) is 3.81. The van der Waals surface area contributed by atoms with Crippen LogP contribution in [0.2, 0.25) is 0 Å². The van der Waals surface area contributed by atoms with Crippen LogP contribution in [0.15, 0.2) is 36.4 Å². The van der Waals surface area contributed by atoms with Gasteiger partial charge in [-0.1, -0.05) is 19.1 Å². The molecule has 2 aromatic rings. The molecule has 1 amide bonds. The summed E-state index contributed by atoms with van der Waals surface area (Å²) in [6, 6.07) is 9.35. The molecule has 1 heterocycles. The molecule has 9 heteroatoms. The Morgan fingerprint density at radius 3 is 2.44 bits per heavy atom. The molecule has 0 saturated carbocycles. The van der Waals surface area contributed by atoms with Gasteiger partial charge in [0.15, 0.2) is 11.5 Å². The third kappa shape index (κ3) is 5.09. The molecule has 8 nitrogen and oxygen atoms in total. The summed E-state index contributed by atoms with van der Waals surface area (Å²) in [5.41, 5.74) is 2.23. The lowest BCUT2D eigenvalue weighted by molar-refractivity contribution is -0.122. The van der Waals surface area contributed by atoms with Gasteiger partial charge in [0.25, 0.3) is 0 Å². The first-order chi connectivity index (χ1) is 15.2. The second-order valence-electron chi connectivity index (χ2n) is 7.76. The molecule has 0 aromatic heterocycles. The highest BCUT2D eigenvalue weighted by atomic mass is 32.2. The van der Waals surface area contributed by atoms with Crippen molar-refractivity contribution < 1.29 is 27.4 Å². The van der Waals surface area contributed by atoms with Gasteiger partial charge in [-0.25, -0.2) is 8.42 Å². The number of methoxy groups -OCH3 is 1. The maximum atomic E-state index is 13.1. The number of nitrogens with one attached hydrogen (secondary N) is 1. The van der Waals surface area contributed by atoms with Gasteiger partial charge in [-0.05, 0) is 49.6 Å². The van der Waals surface area contributed by atoms with Crippen molar-refractivity contribution in [1.82, 2.24) is 5.32 Å². The number of aryl methyl sites for hydroxylation is 1. The second kappa shape index (κ2) is 9.68. The Morgan fingerprint density at radius 1 is 1.16 bits per heavy atom. The summed E-state index contributed by atoms with van der Waals surface area (Å²) < 4.78 is 42.8. The molecule has 0 radical (unpaired) electrons. The molecule has 32 heavy (non-hydrogen) atoms. The minimum absolute atomic E-state index is 0.267. The van der Waals surface area contributed by atoms with Crippen LogP contribution >= 0.6 is 0 Å². The van der Waals surface area contributed by atoms with Crippen molar-refractivity contribution in [3.05, 3.63) is 47.5 Å². The Bertz CT molecular complexity index is 1090. The first-order valence-electron chi connectivity index (χ1n) is 10.5. The zero-order chi connectivity index (χ0) is 23.5. The zero-order valence-corrected chi connectivity index (χ0v) is 19.9. The lowest BCUT2D eigenvalue weighted by atomic mass is 10.0. The van der Waals surface area contributed by atoms with Crippen LogP contribution < -0.4 is 23.8 Å². The van der Waals surface area contributed by atoms with Crippen molar-refractivity contribution in [3.63, 3.8) is 0 Å². The summed E-state index contributed by atoms with van der Waals surface area (Å²) in [4.78, 5) is 13.1. The Labute approximate surface area is 189 Å². The molecule has 1 aliphatic rings. The topological polar surface area (TPSA) is 94.2 Å². The maximum absolute atomic E-state index is 13.1. The van der Waals surface area contributed by atoms with Crippen LogP contribution in [0.5, 0.6) is 17.2 Å². The Hall–Kier alpha value is -2.94. The average Bonchev–Trinajstić information content (AvgIpc) is 2.76. The summed E-state index contributed by atoms with van der Waals surface area (Å²) in [6.45, 7) is 6.28. The van der Waals surface area contributed by atoms with Gasteiger partial charge < -0.3 is 19.5 Å². The highest BCUT2D eigenvalue weighted by molar-refractivity contribution is 7.92. The van der Waals surface area contributed by atoms with Crippen LogP contribution in [0.1, 0.15) is 37.4 Å². The molecule has 0 spiro atoms. The number of hydrogen-bond acceptors (Lipinski definition) is 6. The van der Waals surface area contributed by atoms with E-state index in [1.807, 2.05) is 32.0 Å². The lowest BCUT2D eigenvalue weighted by Gasteiger charge is -2.30. The van der Waals surface area contributed by atoms with Crippen LogP contribution in [0.25, 0.3) is 0 Å². The minimum Gasteiger partial charge on any atom is -0.496 e. The first kappa shape index (κ1) is 23.7. The van der Waals surface area contributed by atoms with Gasteiger partial charge >= 0.3 is 0 Å². The summed E-state index contributed by atoms with van der Waals surface area (Å²) in [6.07, 6.45) is 1.73. The maximum Gasteiger partial charge on any atom is 0.244 e. The monoisotopic (exact) mass is 462 g/mol. The van der Waals surface area contributed by atoms with E-state index in [9.17, 15) is 13.2 Å². The van der Waals surface area contributed by atoms with E-state index in [4.69, 9.17) is 14.2 Å². The van der Waals surface area contributed by atoms with E-state index in [2.05, 4.69) is 5.32 Å². The fraction of sp³-hybridized carbons (Fsp3) is 0.435. The Balaban J connectivity index is 1.85. The number of carbonyl (C=O) groups excluding carboxylic acids is 1. The number of fused-ring (bicyclic) bond motifs is 1. The largest absolute Gasteiger partial charge is 0.496 e. The predicted octanol–water partition coefficient (Wildman–Crippen LogP) is 3.20. The van der Waals surface area contributed by atoms with E-state index in [-0.39, 0.29) is 6.04 Å². The SMILES string of the molecule is CC[C@H](NC(=O)[C@@H](C)N(c1ccc2c(c1)OCCO2)S(C)(=O)=O)c1ccc(OC)c(C)c1. The van der Waals surface area contributed by atoms with Crippen molar-refractivity contribution in [2.45, 2.75) is 39.3 Å². The molecule has 3 rings (SSSR count). The van der Waals surface area contributed by atoms with Gasteiger partial charge in [0.05, 0.1) is 25.1 Å². The molecule has 174 valence electrons. The van der Waals surface area contributed by atoms with Crippen LogP contribution in [-0.2, 0) is 14.8 Å². The number of benzene rings is 2. The number of amides is 1. The molecule has 0 saturated heterocycles. The number of rotatable bonds is 8. The molecule has 0 fully saturated rings. The number of sulfonamides is 1. The van der Waals surface area contributed by atoms with E-state index in [1.54, 1.807) is 32.2 Å². The Morgan fingerprint density at radius 2 is 1.84 bits per heavy atom. The van der Waals surface area contributed by atoms with Crippen LogP contribution in [-0.4, -0.2) is 46.9 Å². The zero-order valence-electron chi connectivity index (χ0n) is 19.0. The van der Waals surface area contributed by atoms with Crippen molar-refractivity contribution in [2.24, 2.45) is 0 Å². The number of carbonyl (C=O) groups is 1. The van der Waals surface area contributed by atoms with Crippen LogP contribution in [0, 0.1) is 6.92 Å². The van der Waals surface area contributed by atoms with Gasteiger partial charge in [-0.15, -0.1) is 0 Å². The van der Waals surface area contributed by atoms with E-state index >= 15 is 0 Å². The molecule has 0 bridgehead atoms. The van der Waals surface area contributed by atoms with E-state index < -0.39 is 22.0 Å². The van der Waals surface area contributed by atoms with Crippen LogP contribution in [0.4, 0.5) is 5.69 Å². The minimum atomic E-state index is -3.75. The van der Waals surface area contributed by atoms with E-state index in [1.165, 1.54) is 0 Å². The standard InChI is InChI=1S/C23H30N2O6S/c1-6-19(17-7-9-20(29-4)15(2)13-17)24-23(26)16(3)25(32(5,27)28)18-8-10-21-22(14-18)31-12-11-30-21/h7-10,13-14,16,19H,6,11-12H2,1-5H3,(H,24,26)/t16-,19+/m1/s1. The number of anilines is 1. The summed E-state index contributed by atoms with van der Waals surface area (Å²) >= 11 is 0. The fourth-order valence-corrected chi connectivity index (χ4v) is 4.98. The average molecular weight is 463 g/mol. The number of ether oxygens (including phenoxy) is 3. The van der Waals surface area contributed by atoms with Gasteiger partial charge in [-0.2, -0.15) is 0 Å². The quantitative estimate of drug-likeness (QED) is 0.648. The highest BCUT2D eigenvalue weighted by Crippen LogP contribution is 2.35. The molecule has 0 aliphatic carbocycles. The molecular formula is C23H30N2O6S. The van der Waals surface area contributed by atoms with Gasteiger partial charge in [0, 0.05) is 6.07 Å². The van der Waals surface area contributed by atoms with Crippen LogP contribution in [0.3, 0.4) is 0 Å². The third-order valence-corrected chi connectivity index (χ3v) is 6.66. The Kier molecular flexibility index (Phi) is 7.18. The third-order valence-electron chi connectivity index (χ3n) is 5.41. The molecular weight excluding hydrogens is 432 g/mol. The van der Waals surface area contributed by atoms with Crippen molar-refractivity contribution in [2.75, 3.05) is 30.9 Å². The summed E-state index contributed by atoms with van der Waals surface area (Å²) in [5, 5.41) is 2.99. The van der Waals surface area contributed by atoms with E-state index in [0.717, 1.165) is 27.4 Å². The van der Waals surface area contributed by atoms with Crippen molar-refractivity contribution in [1.29, 1.82) is 0 Å². The molecule has 2 aromatic carbocycles. The van der Waals surface area contributed by atoms with Crippen molar-refractivity contribution in [3.8, 4) is 17.2 Å². The number of nitrogens with zero attached hydrogens (tertiary/aromatic N) is 1. The smallest absolute Gasteiger partial charge is 0.244 e. The highest BCUT2D eigenvalue weighted by Gasteiger charge is 2.31. The van der Waals surface area contributed by atoms with Crippen molar-refractivity contribution >= 4 is 21.6 Å². The van der Waals surface area contributed by atoms with Gasteiger partial charge in [-0.3, -0.25) is 9.10 Å². The summed E-state index contributed by atoms with van der Waals surface area (Å²) in [5.74, 6) is 1.37. The van der Waals surface area contributed by atoms with Gasteiger partial charge in [0.2, 0.25) is 15.9 Å². The van der Waals surface area contributed by atoms with Gasteiger partial charge in [0.1, 0.15) is 25.0 Å². The molecule has 2 atom stereocenters. The number of hydrogen-bond donors (Lipinski definition) is 1. The summed E-state index contributed by atoms with van der Waals surface area (Å²) in [7, 11) is -2.14. The second-order valence-corrected chi connectivity index (χ2v) is 9.62. The normalized spacial score (nSPS) is 14.9. The van der Waals surface area contributed by atoms with E-state index in [0.29, 0.717) is 36.8 Å². The predicted molar refractivity (Wildman–Crippen MR) is 123 cm³/mol. The lowest BCUT2D eigenvalue weighted by Crippen LogP contribution is -2.48.